The second kappa shape index (κ2) is 11.7. The predicted octanol–water partition coefficient (Wildman–Crippen LogP) is 4.65. The van der Waals surface area contributed by atoms with Gasteiger partial charge in [0, 0.05) is 43.0 Å². The normalized spacial score (nSPS) is 19.1. The van der Waals surface area contributed by atoms with Crippen LogP contribution >= 0.6 is 0 Å². The fraction of sp³-hybridized carbons (Fsp3) is 0.548. The van der Waals surface area contributed by atoms with E-state index >= 15 is 0 Å². The third-order valence-electron chi connectivity index (χ3n) is 9.16. The van der Waals surface area contributed by atoms with Crippen molar-refractivity contribution in [3.05, 3.63) is 51.6 Å². The number of amides is 1. The van der Waals surface area contributed by atoms with Gasteiger partial charge in [0.15, 0.2) is 5.78 Å². The third-order valence-corrected chi connectivity index (χ3v) is 9.16. The zero-order valence-electron chi connectivity index (χ0n) is 24.1. The summed E-state index contributed by atoms with van der Waals surface area (Å²) in [5.74, 6) is 0.593. The Bertz CT molecular complexity index is 1500. The Morgan fingerprint density at radius 2 is 1.61 bits per heavy atom. The minimum absolute atomic E-state index is 0.0137. The lowest BCUT2D eigenvalue weighted by Gasteiger charge is -2.40. The first-order chi connectivity index (χ1) is 19.9. The van der Waals surface area contributed by atoms with Gasteiger partial charge in [0.2, 0.25) is 5.95 Å². The SMILES string of the molecule is CC(=O)c1c(C)c2cnc(Nc3ccc(C(=O)N4CCC(N5CCCCC5)CC4)cn3)nc2n(C2CCCC2)c1=O. The van der Waals surface area contributed by atoms with Crippen LogP contribution in [0.4, 0.5) is 11.8 Å². The third kappa shape index (κ3) is 5.49. The molecular weight excluding hydrogens is 518 g/mol. The molecule has 1 aliphatic carbocycles. The molecule has 1 saturated carbocycles. The fourth-order valence-corrected chi connectivity index (χ4v) is 6.92. The number of pyridine rings is 2. The van der Waals surface area contributed by atoms with E-state index in [1.165, 1.54) is 39.3 Å². The van der Waals surface area contributed by atoms with E-state index in [4.69, 9.17) is 4.98 Å². The first-order valence-electron chi connectivity index (χ1n) is 15.1. The molecule has 0 atom stereocenters. The van der Waals surface area contributed by atoms with Gasteiger partial charge in [0.25, 0.3) is 11.5 Å². The quantitative estimate of drug-likeness (QED) is 0.436. The number of aromatic nitrogens is 4. The Balaban J connectivity index is 1.18. The van der Waals surface area contributed by atoms with Gasteiger partial charge < -0.3 is 15.1 Å². The van der Waals surface area contributed by atoms with Crippen molar-refractivity contribution in [2.75, 3.05) is 31.5 Å². The van der Waals surface area contributed by atoms with Gasteiger partial charge in [-0.3, -0.25) is 19.0 Å². The highest BCUT2D eigenvalue weighted by Gasteiger charge is 2.29. The monoisotopic (exact) mass is 557 g/mol. The van der Waals surface area contributed by atoms with Crippen LogP contribution in [0.1, 0.15) is 97.0 Å². The molecule has 1 N–H and O–H groups in total. The van der Waals surface area contributed by atoms with Crippen LogP contribution in [0.2, 0.25) is 0 Å². The first-order valence-corrected chi connectivity index (χ1v) is 15.1. The number of piperidine rings is 2. The summed E-state index contributed by atoms with van der Waals surface area (Å²) in [6, 6.07) is 4.15. The Kier molecular flexibility index (Phi) is 7.84. The van der Waals surface area contributed by atoms with Crippen molar-refractivity contribution >= 4 is 34.5 Å². The van der Waals surface area contributed by atoms with Gasteiger partial charge in [-0.1, -0.05) is 19.3 Å². The highest BCUT2D eigenvalue weighted by atomic mass is 16.2. The lowest BCUT2D eigenvalue weighted by molar-refractivity contribution is 0.0589. The predicted molar refractivity (Wildman–Crippen MR) is 158 cm³/mol. The maximum atomic E-state index is 13.4. The second-order valence-electron chi connectivity index (χ2n) is 11.8. The molecule has 41 heavy (non-hydrogen) atoms. The van der Waals surface area contributed by atoms with Gasteiger partial charge in [-0.2, -0.15) is 4.98 Å². The Morgan fingerprint density at radius 3 is 2.27 bits per heavy atom. The molecule has 2 saturated heterocycles. The van der Waals surface area contributed by atoms with Crippen molar-refractivity contribution in [3.63, 3.8) is 0 Å². The number of hydrogen-bond donors (Lipinski definition) is 1. The Labute approximate surface area is 240 Å². The van der Waals surface area contributed by atoms with Crippen LogP contribution in [0.15, 0.2) is 29.3 Å². The first kappa shape index (κ1) is 27.5. The number of aryl methyl sites for hydroxylation is 1. The number of fused-ring (bicyclic) bond motifs is 1. The molecule has 0 bridgehead atoms. The Morgan fingerprint density at radius 1 is 0.878 bits per heavy atom. The summed E-state index contributed by atoms with van der Waals surface area (Å²) in [6.45, 7) is 7.15. The number of rotatable bonds is 6. The van der Waals surface area contributed by atoms with Gasteiger partial charge in [-0.15, -0.1) is 0 Å². The molecule has 10 nitrogen and oxygen atoms in total. The van der Waals surface area contributed by atoms with Crippen LogP contribution in [0.25, 0.3) is 11.0 Å². The van der Waals surface area contributed by atoms with Crippen molar-refractivity contribution in [2.45, 2.75) is 83.7 Å². The van der Waals surface area contributed by atoms with Gasteiger partial charge in [-0.05, 0) is 83.2 Å². The van der Waals surface area contributed by atoms with Gasteiger partial charge in [0.1, 0.15) is 11.5 Å². The standard InChI is InChI=1S/C31H39N7O3/c1-20-25-19-33-31(35-28(25)38(24-8-4-5-9-24)30(41)27(20)21(2)39)34-26-11-10-22(18-32-26)29(40)37-16-12-23(13-17-37)36-14-6-3-7-15-36/h10-11,18-19,23-24H,3-9,12-17H2,1-2H3,(H,32,33,34,35). The summed E-state index contributed by atoms with van der Waals surface area (Å²) in [7, 11) is 0. The maximum absolute atomic E-state index is 13.4. The number of ketones is 1. The molecule has 6 rings (SSSR count). The summed E-state index contributed by atoms with van der Waals surface area (Å²) in [5, 5.41) is 3.83. The molecule has 5 heterocycles. The highest BCUT2D eigenvalue weighted by molar-refractivity contribution is 5.99. The van der Waals surface area contributed by atoms with Crippen LogP contribution in [0, 0.1) is 6.92 Å². The average Bonchev–Trinajstić information content (AvgIpc) is 3.52. The highest BCUT2D eigenvalue weighted by Crippen LogP contribution is 2.32. The molecule has 3 aromatic heterocycles. The summed E-state index contributed by atoms with van der Waals surface area (Å²) in [5.41, 5.74) is 1.64. The number of carbonyl (C=O) groups is 2. The number of hydrogen-bond acceptors (Lipinski definition) is 8. The minimum atomic E-state index is -0.278. The minimum Gasteiger partial charge on any atom is -0.338 e. The molecule has 3 aromatic rings. The number of carbonyl (C=O) groups excluding carboxylic acids is 2. The summed E-state index contributed by atoms with van der Waals surface area (Å²) >= 11 is 0. The van der Waals surface area contributed by atoms with Crippen LogP contribution in [0.3, 0.4) is 0 Å². The lowest BCUT2D eigenvalue weighted by Crippen LogP contribution is -2.48. The van der Waals surface area contributed by atoms with Gasteiger partial charge in [0.05, 0.1) is 11.1 Å². The number of nitrogens with zero attached hydrogens (tertiary/aromatic N) is 6. The van der Waals surface area contributed by atoms with Gasteiger partial charge >= 0.3 is 0 Å². The van der Waals surface area contributed by atoms with Crippen LogP contribution in [-0.2, 0) is 0 Å². The largest absolute Gasteiger partial charge is 0.338 e. The van der Waals surface area contributed by atoms with Crippen molar-refractivity contribution in [1.29, 1.82) is 0 Å². The van der Waals surface area contributed by atoms with E-state index in [0.717, 1.165) is 51.6 Å². The van der Waals surface area contributed by atoms with E-state index in [0.29, 0.717) is 40.0 Å². The van der Waals surface area contributed by atoms with E-state index in [2.05, 4.69) is 20.2 Å². The maximum Gasteiger partial charge on any atom is 0.263 e. The molecule has 216 valence electrons. The van der Waals surface area contributed by atoms with Crippen LogP contribution < -0.4 is 10.9 Å². The smallest absolute Gasteiger partial charge is 0.263 e. The molecule has 0 unspecified atom stereocenters. The Hall–Kier alpha value is -3.66. The number of likely N-dealkylation sites (tertiary alicyclic amines) is 2. The van der Waals surface area contributed by atoms with Crippen molar-refractivity contribution in [2.24, 2.45) is 0 Å². The topological polar surface area (TPSA) is 113 Å². The molecule has 3 aliphatic rings. The summed E-state index contributed by atoms with van der Waals surface area (Å²) in [4.78, 5) is 57.2. The van der Waals surface area contributed by atoms with Crippen LogP contribution in [0.5, 0.6) is 0 Å². The van der Waals surface area contributed by atoms with E-state index in [-0.39, 0.29) is 28.9 Å². The number of Topliss-reactive ketones (excluding diaryl/α,β-unsaturated/α-hetero) is 1. The van der Waals surface area contributed by atoms with E-state index < -0.39 is 0 Å². The zero-order valence-corrected chi connectivity index (χ0v) is 24.1. The zero-order chi connectivity index (χ0) is 28.5. The van der Waals surface area contributed by atoms with E-state index in [1.807, 2.05) is 4.90 Å². The molecule has 1 amide bonds. The van der Waals surface area contributed by atoms with Crippen molar-refractivity contribution < 1.29 is 9.59 Å². The van der Waals surface area contributed by atoms with Crippen molar-refractivity contribution in [3.8, 4) is 0 Å². The number of anilines is 2. The summed E-state index contributed by atoms with van der Waals surface area (Å²) in [6.07, 6.45) is 13.1. The van der Waals surface area contributed by atoms with Crippen LogP contribution in [-0.4, -0.2) is 73.2 Å². The molecule has 0 aromatic carbocycles. The molecular formula is C31H39N7O3. The van der Waals surface area contributed by atoms with E-state index in [1.54, 1.807) is 36.0 Å². The molecule has 2 aliphatic heterocycles. The molecule has 10 heteroatoms. The number of nitrogens with one attached hydrogen (secondary N) is 1. The fourth-order valence-electron chi connectivity index (χ4n) is 6.92. The lowest BCUT2D eigenvalue weighted by atomic mass is 9.99. The second-order valence-corrected chi connectivity index (χ2v) is 11.8. The van der Waals surface area contributed by atoms with Crippen molar-refractivity contribution in [1.82, 2.24) is 29.3 Å². The van der Waals surface area contributed by atoms with E-state index in [9.17, 15) is 14.4 Å². The molecule has 0 spiro atoms. The molecule has 0 radical (unpaired) electrons. The summed E-state index contributed by atoms with van der Waals surface area (Å²) < 4.78 is 1.70. The average molecular weight is 558 g/mol. The van der Waals surface area contributed by atoms with Gasteiger partial charge in [-0.25, -0.2) is 9.97 Å². The molecule has 3 fully saturated rings.